The first-order chi connectivity index (χ1) is 14.9. The summed E-state index contributed by atoms with van der Waals surface area (Å²) in [5, 5.41) is 13.4. The number of aryl methyl sites for hydroxylation is 1. The molecule has 3 aromatic rings. The number of carboxylic acid groups (broad SMARTS) is 1. The quantitative estimate of drug-likeness (QED) is 0.484. The number of rotatable bonds is 9. The van der Waals surface area contributed by atoms with E-state index in [-0.39, 0.29) is 12.0 Å². The van der Waals surface area contributed by atoms with E-state index >= 15 is 0 Å². The number of alkyl halides is 2. The second-order valence-corrected chi connectivity index (χ2v) is 7.21. The number of carbonyl (C=O) groups is 1. The molecule has 1 heterocycles. The molecule has 0 amide bonds. The maximum Gasteiger partial charge on any atom is 0.336 e. The predicted octanol–water partition coefficient (Wildman–Crippen LogP) is 5.15. The Kier molecular flexibility index (Phi) is 6.81. The van der Waals surface area contributed by atoms with Gasteiger partial charge in [-0.1, -0.05) is 49.4 Å². The molecule has 3 rings (SSSR count). The second-order valence-electron chi connectivity index (χ2n) is 7.21. The van der Waals surface area contributed by atoms with E-state index in [1.54, 1.807) is 31.2 Å². The van der Waals surface area contributed by atoms with Crippen LogP contribution in [-0.2, 0) is 18.9 Å². The van der Waals surface area contributed by atoms with Crippen LogP contribution in [0, 0.1) is 12.3 Å². The summed E-state index contributed by atoms with van der Waals surface area (Å²) in [7, 11) is 0. The van der Waals surface area contributed by atoms with Crippen LogP contribution in [0.4, 0.5) is 8.78 Å². The molecule has 0 fully saturated rings. The number of hydrogen-bond donors (Lipinski definition) is 1. The lowest BCUT2D eigenvalue weighted by molar-refractivity contribution is -0.0232. The highest BCUT2D eigenvalue weighted by molar-refractivity contribution is 5.95. The standard InChI is InChI=1S/C24H23F2N3O2/c1-3-5-15-29-21(27-23(28-29)24(25,26)14-4-2)16-17-10-12-18(13-11-17)19-8-6-7-9-20(19)22(30)31/h1,6-13H,4-5,14-16H2,2H3,(H,30,31). The third-order valence-electron chi connectivity index (χ3n) is 4.89. The third kappa shape index (κ3) is 5.15. The van der Waals surface area contributed by atoms with Crippen LogP contribution in [0.5, 0.6) is 0 Å². The zero-order valence-electron chi connectivity index (χ0n) is 17.2. The Morgan fingerprint density at radius 1 is 1.19 bits per heavy atom. The smallest absolute Gasteiger partial charge is 0.336 e. The van der Waals surface area contributed by atoms with Crippen molar-refractivity contribution in [3.63, 3.8) is 0 Å². The molecule has 160 valence electrons. The van der Waals surface area contributed by atoms with Crippen molar-refractivity contribution in [1.82, 2.24) is 14.8 Å². The first-order valence-corrected chi connectivity index (χ1v) is 10.0. The minimum Gasteiger partial charge on any atom is -0.478 e. The molecule has 0 aliphatic heterocycles. The summed E-state index contributed by atoms with van der Waals surface area (Å²) in [5.41, 5.74) is 2.43. The van der Waals surface area contributed by atoms with Gasteiger partial charge in [0.05, 0.1) is 12.1 Å². The molecule has 0 bridgehead atoms. The van der Waals surface area contributed by atoms with Crippen molar-refractivity contribution >= 4 is 5.97 Å². The lowest BCUT2D eigenvalue weighted by atomic mass is 9.98. The fourth-order valence-electron chi connectivity index (χ4n) is 3.34. The molecule has 31 heavy (non-hydrogen) atoms. The molecule has 0 spiro atoms. The van der Waals surface area contributed by atoms with Gasteiger partial charge < -0.3 is 5.11 Å². The number of carboxylic acids is 1. The van der Waals surface area contributed by atoms with Crippen LogP contribution in [0.1, 0.15) is 53.8 Å². The van der Waals surface area contributed by atoms with Crippen molar-refractivity contribution in [2.45, 2.75) is 45.1 Å². The number of terminal acetylenes is 1. The lowest BCUT2D eigenvalue weighted by Gasteiger charge is -2.10. The zero-order valence-corrected chi connectivity index (χ0v) is 17.2. The molecular weight excluding hydrogens is 400 g/mol. The molecular formula is C24H23F2N3O2. The van der Waals surface area contributed by atoms with Gasteiger partial charge in [-0.15, -0.1) is 17.4 Å². The molecule has 5 nitrogen and oxygen atoms in total. The molecule has 1 N–H and O–H groups in total. The molecule has 0 unspecified atom stereocenters. The van der Waals surface area contributed by atoms with Gasteiger partial charge in [0.25, 0.3) is 0 Å². The van der Waals surface area contributed by atoms with Crippen molar-refractivity contribution < 1.29 is 18.7 Å². The number of hydrogen-bond acceptors (Lipinski definition) is 3. The van der Waals surface area contributed by atoms with Crippen molar-refractivity contribution in [3.8, 4) is 23.5 Å². The highest BCUT2D eigenvalue weighted by Crippen LogP contribution is 2.31. The average molecular weight is 423 g/mol. The van der Waals surface area contributed by atoms with Crippen molar-refractivity contribution in [3.05, 3.63) is 71.3 Å². The molecule has 2 aromatic carbocycles. The van der Waals surface area contributed by atoms with Gasteiger partial charge in [0.1, 0.15) is 5.82 Å². The molecule has 0 saturated heterocycles. The summed E-state index contributed by atoms with van der Waals surface area (Å²) in [6, 6.07) is 14.0. The average Bonchev–Trinajstić information content (AvgIpc) is 3.16. The normalized spacial score (nSPS) is 11.3. The van der Waals surface area contributed by atoms with Crippen LogP contribution in [0.2, 0.25) is 0 Å². The summed E-state index contributed by atoms with van der Waals surface area (Å²) in [6.45, 7) is 2.00. The Bertz CT molecular complexity index is 1100. The molecule has 0 atom stereocenters. The van der Waals surface area contributed by atoms with Gasteiger partial charge in [-0.05, 0) is 29.2 Å². The van der Waals surface area contributed by atoms with Crippen molar-refractivity contribution in [1.29, 1.82) is 0 Å². The molecule has 0 aliphatic rings. The van der Waals surface area contributed by atoms with Crippen LogP contribution in [0.25, 0.3) is 11.1 Å². The third-order valence-corrected chi connectivity index (χ3v) is 4.89. The largest absolute Gasteiger partial charge is 0.478 e. The Morgan fingerprint density at radius 2 is 1.90 bits per heavy atom. The first-order valence-electron chi connectivity index (χ1n) is 10.0. The summed E-state index contributed by atoms with van der Waals surface area (Å²) < 4.78 is 30.1. The summed E-state index contributed by atoms with van der Waals surface area (Å²) in [4.78, 5) is 15.6. The summed E-state index contributed by atoms with van der Waals surface area (Å²) in [5.74, 6) is -1.65. The maximum absolute atomic E-state index is 14.3. The Hall–Kier alpha value is -3.53. The highest BCUT2D eigenvalue weighted by Gasteiger charge is 2.36. The van der Waals surface area contributed by atoms with E-state index in [1.165, 1.54) is 4.68 Å². The van der Waals surface area contributed by atoms with E-state index in [1.807, 2.05) is 24.3 Å². The van der Waals surface area contributed by atoms with E-state index in [0.29, 0.717) is 37.2 Å². The molecule has 1 aromatic heterocycles. The van der Waals surface area contributed by atoms with Crippen LogP contribution in [0.3, 0.4) is 0 Å². The molecule has 0 aliphatic carbocycles. The number of nitrogens with zero attached hydrogens (tertiary/aromatic N) is 3. The predicted molar refractivity (Wildman–Crippen MR) is 114 cm³/mol. The van der Waals surface area contributed by atoms with Gasteiger partial charge in [0.15, 0.2) is 0 Å². The molecule has 7 heteroatoms. The van der Waals surface area contributed by atoms with Gasteiger partial charge in [0, 0.05) is 19.3 Å². The van der Waals surface area contributed by atoms with Gasteiger partial charge in [-0.25, -0.2) is 14.5 Å². The van der Waals surface area contributed by atoms with Gasteiger partial charge in [-0.3, -0.25) is 0 Å². The minimum atomic E-state index is -3.09. The van der Waals surface area contributed by atoms with Gasteiger partial charge >= 0.3 is 11.9 Å². The molecule has 0 saturated carbocycles. The monoisotopic (exact) mass is 423 g/mol. The van der Waals surface area contributed by atoms with Crippen LogP contribution in [-0.4, -0.2) is 25.8 Å². The number of aromatic carboxylic acids is 1. The maximum atomic E-state index is 14.3. The minimum absolute atomic E-state index is 0.215. The number of halogens is 2. The van der Waals surface area contributed by atoms with Crippen LogP contribution in [0.15, 0.2) is 48.5 Å². The van der Waals surface area contributed by atoms with Gasteiger partial charge in [-0.2, -0.15) is 8.78 Å². The van der Waals surface area contributed by atoms with Crippen molar-refractivity contribution in [2.75, 3.05) is 0 Å². The number of aromatic nitrogens is 3. The molecule has 0 radical (unpaired) electrons. The fraction of sp³-hybridized carbons (Fsp3) is 0.292. The van der Waals surface area contributed by atoms with Crippen LogP contribution >= 0.6 is 0 Å². The van der Waals surface area contributed by atoms with E-state index in [4.69, 9.17) is 6.42 Å². The van der Waals surface area contributed by atoms with Crippen LogP contribution < -0.4 is 0 Å². The highest BCUT2D eigenvalue weighted by atomic mass is 19.3. The topological polar surface area (TPSA) is 68.0 Å². The van der Waals surface area contributed by atoms with E-state index in [2.05, 4.69) is 16.0 Å². The number of benzene rings is 2. The SMILES string of the molecule is C#CCCn1nc(C(F)(F)CCC)nc1Cc1ccc(-c2ccccc2C(=O)O)cc1. The summed E-state index contributed by atoms with van der Waals surface area (Å²) in [6.07, 6.45) is 5.99. The Balaban J connectivity index is 1.88. The van der Waals surface area contributed by atoms with Crippen molar-refractivity contribution in [2.24, 2.45) is 0 Å². The van der Waals surface area contributed by atoms with Gasteiger partial charge in [0.2, 0.25) is 5.82 Å². The fourth-order valence-corrected chi connectivity index (χ4v) is 3.34. The van der Waals surface area contributed by atoms with E-state index in [0.717, 1.165) is 11.1 Å². The summed E-state index contributed by atoms with van der Waals surface area (Å²) >= 11 is 0. The second kappa shape index (κ2) is 9.52. The van der Waals surface area contributed by atoms with E-state index in [9.17, 15) is 18.7 Å². The Morgan fingerprint density at radius 3 is 2.55 bits per heavy atom. The first kappa shape index (κ1) is 22.2. The Labute approximate surface area is 179 Å². The van der Waals surface area contributed by atoms with E-state index < -0.39 is 17.7 Å². The lowest BCUT2D eigenvalue weighted by Crippen LogP contribution is -2.15. The zero-order chi connectivity index (χ0) is 22.4.